The van der Waals surface area contributed by atoms with Crippen LogP contribution in [0.4, 0.5) is 0 Å². The van der Waals surface area contributed by atoms with E-state index in [0.29, 0.717) is 0 Å². The van der Waals surface area contributed by atoms with E-state index in [1.807, 2.05) is 42.5 Å². The Kier molecular flexibility index (Phi) is 8.93. The number of methoxy groups -OCH3 is 4. The van der Waals surface area contributed by atoms with Crippen molar-refractivity contribution >= 4 is 0 Å². The van der Waals surface area contributed by atoms with Crippen LogP contribution in [0.2, 0.25) is 0 Å². The molecule has 0 aliphatic carbocycles. The minimum absolute atomic E-state index is 0.731. The molecule has 0 aliphatic heterocycles. The third-order valence-electron chi connectivity index (χ3n) is 6.30. The highest BCUT2D eigenvalue weighted by Gasteiger charge is 2.08. The van der Waals surface area contributed by atoms with Gasteiger partial charge in [-0.05, 0) is 96.5 Å². The normalized spacial score (nSPS) is 10.6. The molecule has 5 nitrogen and oxygen atoms in total. The molecule has 0 amide bonds. The average molecular weight is 499 g/mol. The van der Waals surface area contributed by atoms with Gasteiger partial charge in [-0.1, -0.05) is 30.3 Å². The number of ether oxygens (including phenoxy) is 5. The molecule has 0 heterocycles. The van der Waals surface area contributed by atoms with E-state index in [0.717, 1.165) is 65.7 Å². The van der Waals surface area contributed by atoms with E-state index in [4.69, 9.17) is 23.7 Å². The largest absolute Gasteiger partial charge is 0.497 e. The molecule has 0 spiro atoms. The smallest absolute Gasteiger partial charge is 0.160 e. The van der Waals surface area contributed by atoms with Crippen LogP contribution in [0.3, 0.4) is 0 Å². The maximum absolute atomic E-state index is 6.27. The Morgan fingerprint density at radius 1 is 0.405 bits per heavy atom. The minimum atomic E-state index is 0.731. The molecule has 0 atom stereocenters. The summed E-state index contributed by atoms with van der Waals surface area (Å²) in [5.74, 6) is 4.69. The van der Waals surface area contributed by atoms with Crippen LogP contribution in [0.25, 0.3) is 0 Å². The lowest BCUT2D eigenvalue weighted by Crippen LogP contribution is -1.97. The van der Waals surface area contributed by atoms with Crippen molar-refractivity contribution in [1.82, 2.24) is 0 Å². The van der Waals surface area contributed by atoms with Gasteiger partial charge in [0.15, 0.2) is 11.5 Å². The van der Waals surface area contributed by atoms with E-state index in [2.05, 4.69) is 42.5 Å². The molecule has 0 unspecified atom stereocenters. The van der Waals surface area contributed by atoms with E-state index in [9.17, 15) is 0 Å². The standard InChI is InChI=1S/C32H34O5/c1-33-27-9-5-7-23(17-27)11-12-24-8-6-10-28(18-24)37-30-20-26(19-29(22-30)34-2)14-13-25-15-16-31(35-3)32(21-25)36-4/h5-10,15-22H,11-14H2,1-4H3. The second-order valence-electron chi connectivity index (χ2n) is 8.81. The molecular weight excluding hydrogens is 464 g/mol. The lowest BCUT2D eigenvalue weighted by Gasteiger charge is -2.13. The summed E-state index contributed by atoms with van der Waals surface area (Å²) < 4.78 is 28.0. The van der Waals surface area contributed by atoms with Crippen molar-refractivity contribution in [3.63, 3.8) is 0 Å². The summed E-state index contributed by atoms with van der Waals surface area (Å²) in [4.78, 5) is 0. The van der Waals surface area contributed by atoms with Gasteiger partial charge in [0.05, 0.1) is 28.4 Å². The molecule has 0 bridgehead atoms. The van der Waals surface area contributed by atoms with Crippen LogP contribution < -0.4 is 23.7 Å². The predicted octanol–water partition coefficient (Wildman–Crippen LogP) is 7.08. The fraction of sp³-hybridized carbons (Fsp3) is 0.250. The van der Waals surface area contributed by atoms with Crippen molar-refractivity contribution in [2.45, 2.75) is 25.7 Å². The lowest BCUT2D eigenvalue weighted by molar-refractivity contribution is 0.354. The molecule has 4 rings (SSSR count). The Morgan fingerprint density at radius 2 is 0.946 bits per heavy atom. The van der Waals surface area contributed by atoms with Gasteiger partial charge in [-0.25, -0.2) is 0 Å². The van der Waals surface area contributed by atoms with Crippen molar-refractivity contribution in [3.05, 3.63) is 107 Å². The van der Waals surface area contributed by atoms with Gasteiger partial charge in [-0.2, -0.15) is 0 Å². The molecule has 37 heavy (non-hydrogen) atoms. The molecule has 5 heteroatoms. The number of hydrogen-bond donors (Lipinski definition) is 0. The highest BCUT2D eigenvalue weighted by atomic mass is 16.5. The Labute approximate surface area is 219 Å². The summed E-state index contributed by atoms with van der Waals surface area (Å²) in [5.41, 5.74) is 4.78. The second kappa shape index (κ2) is 12.7. The molecule has 0 radical (unpaired) electrons. The van der Waals surface area contributed by atoms with E-state index in [1.54, 1.807) is 28.4 Å². The predicted molar refractivity (Wildman–Crippen MR) is 147 cm³/mol. The number of rotatable bonds is 12. The van der Waals surface area contributed by atoms with Gasteiger partial charge in [-0.3, -0.25) is 0 Å². The van der Waals surface area contributed by atoms with Crippen LogP contribution in [0.15, 0.2) is 84.9 Å². The zero-order valence-corrected chi connectivity index (χ0v) is 22.0. The van der Waals surface area contributed by atoms with Gasteiger partial charge in [0.25, 0.3) is 0 Å². The van der Waals surface area contributed by atoms with E-state index in [-0.39, 0.29) is 0 Å². The molecule has 0 fully saturated rings. The molecule has 0 N–H and O–H groups in total. The Hall–Kier alpha value is -4.12. The van der Waals surface area contributed by atoms with E-state index >= 15 is 0 Å². The molecule has 4 aromatic carbocycles. The number of benzene rings is 4. The van der Waals surface area contributed by atoms with Crippen molar-refractivity contribution in [3.8, 4) is 34.5 Å². The molecular formula is C32H34O5. The number of hydrogen-bond acceptors (Lipinski definition) is 5. The maximum Gasteiger partial charge on any atom is 0.160 e. The summed E-state index contributed by atoms with van der Waals surface area (Å²) in [6, 6.07) is 28.5. The van der Waals surface area contributed by atoms with Gasteiger partial charge in [0.1, 0.15) is 23.0 Å². The van der Waals surface area contributed by atoms with Gasteiger partial charge in [0.2, 0.25) is 0 Å². The van der Waals surface area contributed by atoms with Gasteiger partial charge >= 0.3 is 0 Å². The van der Waals surface area contributed by atoms with Crippen molar-refractivity contribution < 1.29 is 23.7 Å². The van der Waals surface area contributed by atoms with E-state index < -0.39 is 0 Å². The van der Waals surface area contributed by atoms with E-state index in [1.165, 1.54) is 16.7 Å². The first-order valence-corrected chi connectivity index (χ1v) is 12.4. The minimum Gasteiger partial charge on any atom is -0.497 e. The molecule has 0 aromatic heterocycles. The zero-order chi connectivity index (χ0) is 26.0. The van der Waals surface area contributed by atoms with Crippen LogP contribution in [0, 0.1) is 0 Å². The zero-order valence-electron chi connectivity index (χ0n) is 22.0. The molecule has 0 saturated carbocycles. The Balaban J connectivity index is 1.43. The summed E-state index contributed by atoms with van der Waals surface area (Å²) in [5, 5.41) is 0. The van der Waals surface area contributed by atoms with Crippen molar-refractivity contribution in [2.24, 2.45) is 0 Å². The summed E-state index contributed by atoms with van der Waals surface area (Å²) in [7, 11) is 6.67. The lowest BCUT2D eigenvalue weighted by atomic mass is 10.0. The summed E-state index contributed by atoms with van der Waals surface area (Å²) >= 11 is 0. The quantitative estimate of drug-likeness (QED) is 0.209. The van der Waals surface area contributed by atoms with Crippen molar-refractivity contribution in [1.29, 1.82) is 0 Å². The van der Waals surface area contributed by atoms with Gasteiger partial charge in [-0.15, -0.1) is 0 Å². The van der Waals surface area contributed by atoms with Crippen LogP contribution in [-0.4, -0.2) is 28.4 Å². The Bertz CT molecular complexity index is 1310. The topological polar surface area (TPSA) is 46.2 Å². The monoisotopic (exact) mass is 498 g/mol. The molecule has 4 aromatic rings. The van der Waals surface area contributed by atoms with Crippen molar-refractivity contribution in [2.75, 3.05) is 28.4 Å². The average Bonchev–Trinajstić information content (AvgIpc) is 2.95. The first-order chi connectivity index (χ1) is 18.1. The number of aryl methyl sites for hydroxylation is 4. The summed E-state index contributed by atoms with van der Waals surface area (Å²) in [6.45, 7) is 0. The molecule has 192 valence electrons. The first kappa shape index (κ1) is 26.0. The van der Waals surface area contributed by atoms with Gasteiger partial charge in [0, 0.05) is 6.07 Å². The fourth-order valence-corrected chi connectivity index (χ4v) is 4.29. The maximum atomic E-state index is 6.27. The van der Waals surface area contributed by atoms with Gasteiger partial charge < -0.3 is 23.7 Å². The summed E-state index contributed by atoms with van der Waals surface area (Å²) in [6.07, 6.45) is 3.54. The highest BCUT2D eigenvalue weighted by Crippen LogP contribution is 2.31. The second-order valence-corrected chi connectivity index (χ2v) is 8.81. The van der Waals surface area contributed by atoms with Crippen LogP contribution in [-0.2, 0) is 25.7 Å². The molecule has 0 saturated heterocycles. The Morgan fingerprint density at radius 3 is 1.59 bits per heavy atom. The van der Waals surface area contributed by atoms with Crippen LogP contribution in [0.1, 0.15) is 22.3 Å². The molecule has 0 aliphatic rings. The third kappa shape index (κ3) is 7.20. The van der Waals surface area contributed by atoms with Crippen LogP contribution in [0.5, 0.6) is 34.5 Å². The first-order valence-electron chi connectivity index (χ1n) is 12.4. The SMILES string of the molecule is COc1cccc(CCc2cccc(Oc3cc(CCc4ccc(OC)c(OC)c4)cc(OC)c3)c2)c1. The highest BCUT2D eigenvalue weighted by molar-refractivity contribution is 5.44. The third-order valence-corrected chi connectivity index (χ3v) is 6.30. The fourth-order valence-electron chi connectivity index (χ4n) is 4.29. The van der Waals surface area contributed by atoms with Crippen LogP contribution >= 0.6 is 0 Å².